The molecule has 2 aromatic rings. The molecule has 0 unspecified atom stereocenters. The van der Waals surface area contributed by atoms with Crippen LogP contribution in [0.25, 0.3) is 11.4 Å². The second-order valence-corrected chi connectivity index (χ2v) is 5.51. The molecule has 2 heterocycles. The van der Waals surface area contributed by atoms with Crippen molar-refractivity contribution in [2.24, 2.45) is 0 Å². The van der Waals surface area contributed by atoms with E-state index >= 15 is 0 Å². The van der Waals surface area contributed by atoms with Crippen LogP contribution in [0.2, 0.25) is 0 Å². The first-order chi connectivity index (χ1) is 11.3. The molecule has 8 nitrogen and oxygen atoms in total. The molecule has 0 spiro atoms. The van der Waals surface area contributed by atoms with Gasteiger partial charge in [-0.2, -0.15) is 4.98 Å². The van der Waals surface area contributed by atoms with E-state index in [1.807, 2.05) is 0 Å². The Labute approximate surface area is 134 Å². The van der Waals surface area contributed by atoms with E-state index in [0.29, 0.717) is 5.56 Å². The summed E-state index contributed by atoms with van der Waals surface area (Å²) in [6.07, 6.45) is -0.994. The largest absolute Gasteiger partial charge is 0.474 e. The first-order valence-electron chi connectivity index (χ1n) is 7.16. The second-order valence-electron chi connectivity index (χ2n) is 5.51. The van der Waals surface area contributed by atoms with Crippen LogP contribution < -0.4 is 10.1 Å². The number of nitrogens with zero attached hydrogens (tertiary/aromatic N) is 3. The predicted octanol–water partition coefficient (Wildman–Crippen LogP) is 2.64. The number of nitrogens with one attached hydrogen (secondary N) is 1. The zero-order valence-electron chi connectivity index (χ0n) is 12.6. The van der Waals surface area contributed by atoms with E-state index in [4.69, 9.17) is 14.4 Å². The summed E-state index contributed by atoms with van der Waals surface area (Å²) in [7, 11) is 0. The van der Waals surface area contributed by atoms with Crippen molar-refractivity contribution in [3.8, 4) is 17.3 Å². The van der Waals surface area contributed by atoms with Gasteiger partial charge in [0.15, 0.2) is 0 Å². The Morgan fingerprint density at radius 1 is 1.54 bits per heavy atom. The number of alkyl halides is 2. The van der Waals surface area contributed by atoms with Crippen molar-refractivity contribution in [1.82, 2.24) is 20.4 Å². The molecule has 10 heteroatoms. The highest BCUT2D eigenvalue weighted by Crippen LogP contribution is 2.39. The molecule has 0 radical (unpaired) electrons. The van der Waals surface area contributed by atoms with Gasteiger partial charge in [-0.3, -0.25) is 0 Å². The van der Waals surface area contributed by atoms with Crippen LogP contribution in [0.1, 0.15) is 31.7 Å². The average molecular weight is 340 g/mol. The monoisotopic (exact) mass is 340 g/mol. The Morgan fingerprint density at radius 2 is 2.29 bits per heavy atom. The van der Waals surface area contributed by atoms with Gasteiger partial charge in [-0.15, -0.1) is 0 Å². The lowest BCUT2D eigenvalue weighted by Crippen LogP contribution is -2.43. The number of carboxylic acid groups (broad SMARTS) is 1. The van der Waals surface area contributed by atoms with Gasteiger partial charge >= 0.3 is 6.09 Å². The molecular weight excluding hydrogens is 326 g/mol. The van der Waals surface area contributed by atoms with Crippen LogP contribution in [0.5, 0.6) is 5.88 Å². The number of hydrogen-bond acceptors (Lipinski definition) is 6. The fourth-order valence-electron chi connectivity index (χ4n) is 2.25. The molecule has 0 aromatic carbocycles. The molecule has 24 heavy (non-hydrogen) atoms. The van der Waals surface area contributed by atoms with Crippen LogP contribution in [0.4, 0.5) is 13.6 Å². The van der Waals surface area contributed by atoms with E-state index in [9.17, 15) is 13.6 Å². The van der Waals surface area contributed by atoms with Gasteiger partial charge < -0.3 is 19.7 Å². The fourth-order valence-corrected chi connectivity index (χ4v) is 2.25. The number of ether oxygens (including phenoxy) is 1. The van der Waals surface area contributed by atoms with Crippen molar-refractivity contribution < 1.29 is 27.9 Å². The maximum Gasteiger partial charge on any atom is 0.405 e. The van der Waals surface area contributed by atoms with Crippen LogP contribution in [-0.4, -0.2) is 38.4 Å². The van der Waals surface area contributed by atoms with Gasteiger partial charge in [0.1, 0.15) is 12.1 Å². The van der Waals surface area contributed by atoms with Crippen LogP contribution in [0.15, 0.2) is 22.9 Å². The molecule has 128 valence electrons. The molecule has 1 atom stereocenters. The molecule has 2 aromatic heterocycles. The Morgan fingerprint density at radius 3 is 2.96 bits per heavy atom. The summed E-state index contributed by atoms with van der Waals surface area (Å²) in [5.41, 5.74) is 0.517. The summed E-state index contributed by atoms with van der Waals surface area (Å²) in [5.74, 6) is -2.16. The molecule has 1 amide bonds. The quantitative estimate of drug-likeness (QED) is 0.861. The van der Waals surface area contributed by atoms with Gasteiger partial charge in [0.25, 0.3) is 5.92 Å². The maximum atomic E-state index is 12.8. The van der Waals surface area contributed by atoms with Gasteiger partial charge in [-0.05, 0) is 13.0 Å². The van der Waals surface area contributed by atoms with Crippen molar-refractivity contribution in [1.29, 1.82) is 0 Å². The zero-order chi connectivity index (χ0) is 17.3. The van der Waals surface area contributed by atoms with Crippen molar-refractivity contribution in [2.75, 3.05) is 0 Å². The summed E-state index contributed by atoms with van der Waals surface area (Å²) >= 11 is 0. The van der Waals surface area contributed by atoms with Gasteiger partial charge in [-0.25, -0.2) is 18.6 Å². The van der Waals surface area contributed by atoms with E-state index in [2.05, 4.69) is 20.4 Å². The summed E-state index contributed by atoms with van der Waals surface area (Å²) < 4.78 is 36.0. The molecule has 0 aliphatic heterocycles. The van der Waals surface area contributed by atoms with E-state index < -0.39 is 24.2 Å². The molecule has 0 bridgehead atoms. The minimum Gasteiger partial charge on any atom is -0.474 e. The van der Waals surface area contributed by atoms with E-state index in [0.717, 1.165) is 0 Å². The lowest BCUT2D eigenvalue weighted by atomic mass is 9.91. The number of hydrogen-bond donors (Lipinski definition) is 2. The van der Waals surface area contributed by atoms with Crippen molar-refractivity contribution in [2.45, 2.75) is 37.8 Å². The number of halogens is 2. The van der Waals surface area contributed by atoms with Gasteiger partial charge in [0.2, 0.25) is 17.6 Å². The SMILES string of the molecule is C[C@H](NC(=O)O)c1nc(-c2ccnc(OC3CC(F)(F)C3)c2)no1. The topological polar surface area (TPSA) is 110 Å². The average Bonchev–Trinajstić information content (AvgIpc) is 2.95. The zero-order valence-corrected chi connectivity index (χ0v) is 12.6. The number of carbonyl (C=O) groups is 1. The number of aromatic nitrogens is 3. The third-order valence-corrected chi connectivity index (χ3v) is 3.49. The van der Waals surface area contributed by atoms with Crippen LogP contribution >= 0.6 is 0 Å². The second kappa shape index (κ2) is 6.02. The number of pyridine rings is 1. The Bertz CT molecular complexity index is 744. The lowest BCUT2D eigenvalue weighted by Gasteiger charge is -2.34. The summed E-state index contributed by atoms with van der Waals surface area (Å²) in [6.45, 7) is 1.56. The molecule has 0 saturated heterocycles. The Kier molecular flexibility index (Phi) is 4.04. The summed E-state index contributed by atoms with van der Waals surface area (Å²) in [5, 5.41) is 14.6. The van der Waals surface area contributed by atoms with Crippen LogP contribution in [0, 0.1) is 0 Å². The lowest BCUT2D eigenvalue weighted by molar-refractivity contribution is -0.135. The Balaban J connectivity index is 1.70. The summed E-state index contributed by atoms with van der Waals surface area (Å²) in [4.78, 5) is 18.7. The maximum absolute atomic E-state index is 12.8. The van der Waals surface area contributed by atoms with E-state index in [-0.39, 0.29) is 30.4 Å². The Hall–Kier alpha value is -2.78. The highest BCUT2D eigenvalue weighted by atomic mass is 19.3. The van der Waals surface area contributed by atoms with Crippen molar-refractivity contribution >= 4 is 6.09 Å². The van der Waals surface area contributed by atoms with Gasteiger partial charge in [0.05, 0.1) is 0 Å². The normalized spacial score (nSPS) is 17.8. The van der Waals surface area contributed by atoms with E-state index in [1.54, 1.807) is 13.0 Å². The molecule has 1 aliphatic rings. The van der Waals surface area contributed by atoms with Crippen LogP contribution in [-0.2, 0) is 0 Å². The predicted molar refractivity (Wildman–Crippen MR) is 75.7 cm³/mol. The molecule has 1 aliphatic carbocycles. The number of rotatable bonds is 5. The molecule has 1 fully saturated rings. The summed E-state index contributed by atoms with van der Waals surface area (Å²) in [6, 6.07) is 2.45. The first kappa shape index (κ1) is 16.1. The van der Waals surface area contributed by atoms with Crippen molar-refractivity contribution in [3.63, 3.8) is 0 Å². The molecule has 1 saturated carbocycles. The van der Waals surface area contributed by atoms with Crippen molar-refractivity contribution in [3.05, 3.63) is 24.2 Å². The van der Waals surface area contributed by atoms with Gasteiger partial charge in [0, 0.05) is 30.7 Å². The standard InChI is InChI=1S/C14H14F2N4O4/c1-7(18-13(21)22)12-19-11(20-24-12)8-2-3-17-10(4-8)23-9-5-14(15,16)6-9/h2-4,7,9,18H,5-6H2,1H3,(H,21,22)/t7-/m0/s1. The highest BCUT2D eigenvalue weighted by molar-refractivity contribution is 5.65. The van der Waals surface area contributed by atoms with Gasteiger partial charge in [-0.1, -0.05) is 5.16 Å². The number of amides is 1. The smallest absolute Gasteiger partial charge is 0.405 e. The third-order valence-electron chi connectivity index (χ3n) is 3.49. The first-order valence-corrected chi connectivity index (χ1v) is 7.16. The molecular formula is C14H14F2N4O4. The minimum absolute atomic E-state index is 0.102. The minimum atomic E-state index is -2.67. The third kappa shape index (κ3) is 3.58. The fraction of sp³-hybridized carbons (Fsp3) is 0.429. The van der Waals surface area contributed by atoms with E-state index in [1.165, 1.54) is 12.3 Å². The molecule has 2 N–H and O–H groups in total. The highest BCUT2D eigenvalue weighted by Gasteiger charge is 2.47. The van der Waals surface area contributed by atoms with Crippen LogP contribution in [0.3, 0.4) is 0 Å². The molecule has 3 rings (SSSR count).